The maximum atomic E-state index is 13.2. The molecule has 0 aromatic heterocycles. The van der Waals surface area contributed by atoms with Crippen LogP contribution in [0.3, 0.4) is 0 Å². The fourth-order valence-electron chi connectivity index (χ4n) is 3.69. The molecule has 11 heteroatoms. The van der Waals surface area contributed by atoms with E-state index >= 15 is 0 Å². The smallest absolute Gasteiger partial charge is 0.243 e. The highest BCUT2D eigenvalue weighted by atomic mass is 16.2. The summed E-state index contributed by atoms with van der Waals surface area (Å²) < 4.78 is 0. The minimum Gasteiger partial charge on any atom is -0.370 e. The summed E-state index contributed by atoms with van der Waals surface area (Å²) in [6.45, 7) is 1.55. The number of carbonyl (C=O) groups excluding carboxylic acids is 4. The van der Waals surface area contributed by atoms with Crippen molar-refractivity contribution in [3.63, 3.8) is 0 Å². The summed E-state index contributed by atoms with van der Waals surface area (Å²) in [6.07, 6.45) is 0.981. The summed E-state index contributed by atoms with van der Waals surface area (Å²) in [4.78, 5) is 54.2. The molecule has 0 heterocycles. The molecule has 0 fully saturated rings. The number of nitrogens with zero attached hydrogens (tertiary/aromatic N) is 1. The van der Waals surface area contributed by atoms with Gasteiger partial charge in [-0.3, -0.25) is 24.2 Å². The van der Waals surface area contributed by atoms with Crippen LogP contribution >= 0.6 is 0 Å². The topological polar surface area (TPSA) is 195 Å². The van der Waals surface area contributed by atoms with Crippen LogP contribution in [0.2, 0.25) is 0 Å². The number of nitrogens with one attached hydrogen (secondary N) is 3. The van der Waals surface area contributed by atoms with Crippen molar-refractivity contribution < 1.29 is 19.2 Å². The number of nitrogens with two attached hydrogens (primary N) is 3. The molecule has 2 aromatic carbocycles. The fraction of sp³-hybridized carbons (Fsp3) is 0.346. The Hall–Kier alpha value is -4.41. The number of hydrogen-bond donors (Lipinski definition) is 6. The molecule has 0 aliphatic rings. The number of rotatable bonds is 14. The SMILES string of the molecule is CC(=O)NC(Cc1ccccc1)C(=O)N[C@@H](CCCN=C(N)N)C(=O)NC(Cc1ccccc1)C(N)=O. The summed E-state index contributed by atoms with van der Waals surface area (Å²) in [6, 6.07) is 15.4. The van der Waals surface area contributed by atoms with Gasteiger partial charge in [-0.05, 0) is 24.0 Å². The number of aliphatic imine (C=N–C) groups is 1. The molecule has 11 nitrogen and oxygen atoms in total. The van der Waals surface area contributed by atoms with Crippen LogP contribution < -0.4 is 33.2 Å². The van der Waals surface area contributed by atoms with Crippen LogP contribution in [0.25, 0.3) is 0 Å². The first-order chi connectivity index (χ1) is 17.7. The van der Waals surface area contributed by atoms with E-state index in [2.05, 4.69) is 20.9 Å². The highest BCUT2D eigenvalue weighted by Gasteiger charge is 2.28. The van der Waals surface area contributed by atoms with E-state index in [9.17, 15) is 19.2 Å². The van der Waals surface area contributed by atoms with Crippen LogP contribution in [-0.4, -0.2) is 54.3 Å². The Balaban J connectivity index is 2.18. The molecular weight excluding hydrogens is 474 g/mol. The predicted molar refractivity (Wildman–Crippen MR) is 141 cm³/mol. The molecule has 198 valence electrons. The molecule has 2 unspecified atom stereocenters. The molecule has 0 aliphatic carbocycles. The van der Waals surface area contributed by atoms with E-state index in [0.29, 0.717) is 6.42 Å². The third-order valence-electron chi connectivity index (χ3n) is 5.50. The molecule has 4 amide bonds. The molecule has 0 spiro atoms. The lowest BCUT2D eigenvalue weighted by molar-refractivity contribution is -0.133. The van der Waals surface area contributed by atoms with Crippen LogP contribution in [0, 0.1) is 0 Å². The summed E-state index contributed by atoms with van der Waals surface area (Å²) in [5.74, 6) is -2.31. The normalized spacial score (nSPS) is 12.9. The molecule has 0 bridgehead atoms. The van der Waals surface area contributed by atoms with Gasteiger partial charge in [0.15, 0.2) is 5.96 Å². The van der Waals surface area contributed by atoms with Gasteiger partial charge in [0.25, 0.3) is 0 Å². The van der Waals surface area contributed by atoms with Crippen LogP contribution in [0.5, 0.6) is 0 Å². The van der Waals surface area contributed by atoms with E-state index in [1.165, 1.54) is 6.92 Å². The monoisotopic (exact) mass is 509 g/mol. The Bertz CT molecular complexity index is 1070. The molecule has 3 atom stereocenters. The number of amides is 4. The van der Waals surface area contributed by atoms with Crippen LogP contribution in [-0.2, 0) is 32.0 Å². The van der Waals surface area contributed by atoms with Crippen molar-refractivity contribution in [1.29, 1.82) is 0 Å². The van der Waals surface area contributed by atoms with Crippen LogP contribution in [0.1, 0.15) is 30.9 Å². The second kappa shape index (κ2) is 14.9. The summed E-state index contributed by atoms with van der Waals surface area (Å²) in [5.41, 5.74) is 17.9. The number of carbonyl (C=O) groups is 4. The second-order valence-corrected chi connectivity index (χ2v) is 8.61. The third-order valence-corrected chi connectivity index (χ3v) is 5.50. The molecule has 2 aromatic rings. The zero-order valence-corrected chi connectivity index (χ0v) is 20.9. The van der Waals surface area contributed by atoms with E-state index in [1.54, 1.807) is 0 Å². The van der Waals surface area contributed by atoms with E-state index in [-0.39, 0.29) is 37.7 Å². The largest absolute Gasteiger partial charge is 0.370 e. The maximum absolute atomic E-state index is 13.2. The van der Waals surface area contributed by atoms with Crippen LogP contribution in [0.4, 0.5) is 0 Å². The van der Waals surface area contributed by atoms with Gasteiger partial charge in [-0.1, -0.05) is 60.7 Å². The van der Waals surface area contributed by atoms with E-state index in [4.69, 9.17) is 17.2 Å². The molecule has 0 saturated carbocycles. The highest BCUT2D eigenvalue weighted by Crippen LogP contribution is 2.08. The quantitative estimate of drug-likeness (QED) is 0.113. The fourth-order valence-corrected chi connectivity index (χ4v) is 3.69. The number of guanidine groups is 1. The minimum atomic E-state index is -1.02. The zero-order chi connectivity index (χ0) is 27.2. The van der Waals surface area contributed by atoms with Crippen molar-refractivity contribution in [2.75, 3.05) is 6.54 Å². The van der Waals surface area contributed by atoms with E-state index in [1.807, 2.05) is 60.7 Å². The van der Waals surface area contributed by atoms with Crippen molar-refractivity contribution in [3.8, 4) is 0 Å². The Kier molecular flexibility index (Phi) is 11.6. The molecule has 0 aliphatic heterocycles. The lowest BCUT2D eigenvalue weighted by Crippen LogP contribution is -2.57. The maximum Gasteiger partial charge on any atom is 0.243 e. The highest BCUT2D eigenvalue weighted by molar-refractivity contribution is 5.94. The van der Waals surface area contributed by atoms with Crippen molar-refractivity contribution in [3.05, 3.63) is 71.8 Å². The Morgan fingerprint density at radius 3 is 1.70 bits per heavy atom. The Morgan fingerprint density at radius 1 is 0.730 bits per heavy atom. The standard InChI is InChI=1S/C26H35N7O4/c1-17(34)31-22(16-19-11-6-3-7-12-19)25(37)32-20(13-8-14-30-26(28)29)24(36)33-21(23(27)35)15-18-9-4-2-5-10-18/h2-7,9-12,20-22H,8,13-16H2,1H3,(H2,27,35)(H,31,34)(H,32,37)(H,33,36)(H4,28,29,30)/t20-,21?,22?/m0/s1. The molecule has 0 saturated heterocycles. The van der Waals surface area contributed by atoms with Gasteiger partial charge in [0.2, 0.25) is 23.6 Å². The average Bonchev–Trinajstić information content (AvgIpc) is 2.85. The minimum absolute atomic E-state index is 0.0877. The summed E-state index contributed by atoms with van der Waals surface area (Å²) in [5, 5.41) is 7.99. The first kappa shape index (κ1) is 28.8. The number of hydrogen-bond acceptors (Lipinski definition) is 5. The van der Waals surface area contributed by atoms with Crippen molar-refractivity contribution in [2.45, 2.75) is 50.7 Å². The molecule has 0 radical (unpaired) electrons. The first-order valence-electron chi connectivity index (χ1n) is 12.0. The van der Waals surface area contributed by atoms with Gasteiger partial charge in [0.1, 0.15) is 18.1 Å². The molecule has 37 heavy (non-hydrogen) atoms. The molecule has 2 rings (SSSR count). The second-order valence-electron chi connectivity index (χ2n) is 8.61. The van der Waals surface area contributed by atoms with Crippen molar-refractivity contribution >= 4 is 29.6 Å². The molecule has 9 N–H and O–H groups in total. The zero-order valence-electron chi connectivity index (χ0n) is 20.9. The third kappa shape index (κ3) is 10.8. The lowest BCUT2D eigenvalue weighted by Gasteiger charge is -2.25. The van der Waals surface area contributed by atoms with Crippen molar-refractivity contribution in [1.82, 2.24) is 16.0 Å². The Labute approximate surface area is 216 Å². The van der Waals surface area contributed by atoms with Gasteiger partial charge in [-0.15, -0.1) is 0 Å². The predicted octanol–water partition coefficient (Wildman–Crippen LogP) is -0.515. The Morgan fingerprint density at radius 2 is 1.22 bits per heavy atom. The molecular formula is C26H35N7O4. The lowest BCUT2D eigenvalue weighted by atomic mass is 10.0. The van der Waals surface area contributed by atoms with Gasteiger partial charge in [-0.2, -0.15) is 0 Å². The van der Waals surface area contributed by atoms with Gasteiger partial charge in [0.05, 0.1) is 0 Å². The number of primary amides is 1. The van der Waals surface area contributed by atoms with E-state index in [0.717, 1.165) is 11.1 Å². The van der Waals surface area contributed by atoms with Crippen LogP contribution in [0.15, 0.2) is 65.7 Å². The van der Waals surface area contributed by atoms with Crippen molar-refractivity contribution in [2.24, 2.45) is 22.2 Å². The van der Waals surface area contributed by atoms with Gasteiger partial charge in [-0.25, -0.2) is 0 Å². The van der Waals surface area contributed by atoms with Gasteiger partial charge >= 0.3 is 0 Å². The number of benzene rings is 2. The van der Waals surface area contributed by atoms with Gasteiger partial charge in [0, 0.05) is 26.3 Å². The van der Waals surface area contributed by atoms with E-state index < -0.39 is 35.8 Å². The summed E-state index contributed by atoms with van der Waals surface area (Å²) in [7, 11) is 0. The average molecular weight is 510 g/mol. The summed E-state index contributed by atoms with van der Waals surface area (Å²) >= 11 is 0. The first-order valence-corrected chi connectivity index (χ1v) is 12.0. The van der Waals surface area contributed by atoms with Gasteiger partial charge < -0.3 is 33.2 Å².